The minimum Gasteiger partial charge on any atom is -0.496 e. The number of nitrogens with one attached hydrogen (secondary N) is 1. The first kappa shape index (κ1) is 12.9. The van der Waals surface area contributed by atoms with Crippen LogP contribution in [0.25, 0.3) is 0 Å². The molecule has 3 rings (SSSR count). The quantitative estimate of drug-likeness (QED) is 0.899. The van der Waals surface area contributed by atoms with Gasteiger partial charge in [0, 0.05) is 30.7 Å². The molecule has 2 fully saturated rings. The molecule has 2 aliphatic heterocycles. The largest absolute Gasteiger partial charge is 0.496 e. The predicted molar refractivity (Wildman–Crippen MR) is 77.6 cm³/mol. The van der Waals surface area contributed by atoms with E-state index in [0.717, 1.165) is 18.3 Å². The third-order valence-electron chi connectivity index (χ3n) is 4.60. The van der Waals surface area contributed by atoms with Crippen LogP contribution < -0.4 is 10.1 Å². The van der Waals surface area contributed by atoms with E-state index in [2.05, 4.69) is 35.3 Å². The van der Waals surface area contributed by atoms with Crippen molar-refractivity contribution in [2.75, 3.05) is 20.2 Å². The summed E-state index contributed by atoms with van der Waals surface area (Å²) in [5.41, 5.74) is 2.57. The van der Waals surface area contributed by atoms with Crippen molar-refractivity contribution in [1.82, 2.24) is 10.2 Å². The molecule has 0 aliphatic carbocycles. The van der Waals surface area contributed by atoms with Crippen LogP contribution in [0.1, 0.15) is 30.4 Å². The summed E-state index contributed by atoms with van der Waals surface area (Å²) < 4.78 is 5.45. The first-order valence-corrected chi connectivity index (χ1v) is 7.39. The van der Waals surface area contributed by atoms with Crippen molar-refractivity contribution in [3.63, 3.8) is 0 Å². The molecule has 104 valence electrons. The van der Waals surface area contributed by atoms with E-state index < -0.39 is 0 Å². The molecule has 2 unspecified atom stereocenters. The van der Waals surface area contributed by atoms with Crippen LogP contribution in [-0.2, 0) is 6.54 Å². The molecule has 2 aliphatic rings. The highest BCUT2D eigenvalue weighted by Gasteiger charge is 2.36. The first-order chi connectivity index (χ1) is 9.28. The molecule has 0 amide bonds. The minimum absolute atomic E-state index is 0.660. The van der Waals surface area contributed by atoms with E-state index in [9.17, 15) is 0 Å². The predicted octanol–water partition coefficient (Wildman–Crippen LogP) is 2.33. The number of methoxy groups -OCH3 is 1. The monoisotopic (exact) mass is 260 g/mol. The van der Waals surface area contributed by atoms with E-state index in [1.807, 2.05) is 0 Å². The van der Waals surface area contributed by atoms with Crippen LogP contribution in [0.5, 0.6) is 5.75 Å². The van der Waals surface area contributed by atoms with Gasteiger partial charge in [0.05, 0.1) is 7.11 Å². The summed E-state index contributed by atoms with van der Waals surface area (Å²) in [5, 5.41) is 3.75. The number of nitrogens with zero attached hydrogens (tertiary/aromatic N) is 1. The van der Waals surface area contributed by atoms with Gasteiger partial charge in [0.15, 0.2) is 0 Å². The number of benzene rings is 1. The average Bonchev–Trinajstić information content (AvgIpc) is 3.00. The van der Waals surface area contributed by atoms with Crippen molar-refractivity contribution in [2.45, 2.75) is 44.8 Å². The van der Waals surface area contributed by atoms with E-state index >= 15 is 0 Å². The first-order valence-electron chi connectivity index (χ1n) is 7.39. The van der Waals surface area contributed by atoms with Gasteiger partial charge in [-0.05, 0) is 38.8 Å². The highest BCUT2D eigenvalue weighted by molar-refractivity contribution is 5.36. The summed E-state index contributed by atoms with van der Waals surface area (Å²) in [6.45, 7) is 5.63. The SMILES string of the molecule is COc1ccc(C)cc1CNC1CCN2CCCC12. The molecule has 0 bridgehead atoms. The standard InChI is InChI=1S/C16H24N2O/c1-12-5-6-16(19-2)13(10-12)11-17-14-7-9-18-8-3-4-15(14)18/h5-6,10,14-15,17H,3-4,7-9,11H2,1-2H3. The lowest BCUT2D eigenvalue weighted by Crippen LogP contribution is -2.38. The Hall–Kier alpha value is -1.06. The Kier molecular flexibility index (Phi) is 3.76. The lowest BCUT2D eigenvalue weighted by atomic mass is 10.1. The molecule has 2 atom stereocenters. The van der Waals surface area contributed by atoms with Crippen LogP contribution in [0.15, 0.2) is 18.2 Å². The van der Waals surface area contributed by atoms with Crippen molar-refractivity contribution < 1.29 is 4.74 Å². The van der Waals surface area contributed by atoms with Crippen molar-refractivity contribution in [3.05, 3.63) is 29.3 Å². The van der Waals surface area contributed by atoms with Crippen LogP contribution in [0, 0.1) is 6.92 Å². The smallest absolute Gasteiger partial charge is 0.123 e. The molecule has 3 heteroatoms. The molecule has 0 aromatic heterocycles. The maximum Gasteiger partial charge on any atom is 0.123 e. The second-order valence-corrected chi connectivity index (χ2v) is 5.84. The van der Waals surface area contributed by atoms with Gasteiger partial charge in [0.2, 0.25) is 0 Å². The fourth-order valence-corrected chi connectivity index (χ4v) is 3.61. The zero-order chi connectivity index (χ0) is 13.2. The average molecular weight is 260 g/mol. The van der Waals surface area contributed by atoms with Gasteiger partial charge in [0.25, 0.3) is 0 Å². The van der Waals surface area contributed by atoms with E-state index in [1.54, 1.807) is 7.11 Å². The van der Waals surface area contributed by atoms with Crippen molar-refractivity contribution >= 4 is 0 Å². The van der Waals surface area contributed by atoms with Gasteiger partial charge in [-0.2, -0.15) is 0 Å². The topological polar surface area (TPSA) is 24.5 Å². The normalized spacial score (nSPS) is 26.6. The number of rotatable bonds is 4. The molecule has 1 aromatic rings. The Morgan fingerprint density at radius 1 is 1.32 bits per heavy atom. The molecular weight excluding hydrogens is 236 g/mol. The van der Waals surface area contributed by atoms with Gasteiger partial charge >= 0.3 is 0 Å². The summed E-state index contributed by atoms with van der Waals surface area (Å²) >= 11 is 0. The van der Waals surface area contributed by atoms with E-state index in [4.69, 9.17) is 4.74 Å². The molecule has 1 N–H and O–H groups in total. The summed E-state index contributed by atoms with van der Waals surface area (Å²) in [6, 6.07) is 7.84. The fraction of sp³-hybridized carbons (Fsp3) is 0.625. The molecule has 1 aromatic carbocycles. The van der Waals surface area contributed by atoms with Gasteiger partial charge in [-0.1, -0.05) is 17.7 Å². The molecule has 3 nitrogen and oxygen atoms in total. The van der Waals surface area contributed by atoms with Crippen molar-refractivity contribution in [1.29, 1.82) is 0 Å². The Labute approximate surface area is 115 Å². The molecule has 2 heterocycles. The summed E-state index contributed by atoms with van der Waals surface area (Å²) in [7, 11) is 1.75. The lowest BCUT2D eigenvalue weighted by Gasteiger charge is -2.22. The van der Waals surface area contributed by atoms with Gasteiger partial charge in [0.1, 0.15) is 5.75 Å². The van der Waals surface area contributed by atoms with Gasteiger partial charge in [-0.25, -0.2) is 0 Å². The third kappa shape index (κ3) is 2.63. The van der Waals surface area contributed by atoms with Gasteiger partial charge in [-0.3, -0.25) is 4.90 Å². The third-order valence-corrected chi connectivity index (χ3v) is 4.60. The Balaban J connectivity index is 1.64. The fourth-order valence-electron chi connectivity index (χ4n) is 3.61. The Bertz CT molecular complexity index is 446. The summed E-state index contributed by atoms with van der Waals surface area (Å²) in [5.74, 6) is 0.999. The zero-order valence-electron chi connectivity index (χ0n) is 12.0. The second-order valence-electron chi connectivity index (χ2n) is 5.84. The van der Waals surface area contributed by atoms with Crippen molar-refractivity contribution in [2.24, 2.45) is 0 Å². The van der Waals surface area contributed by atoms with Crippen LogP contribution >= 0.6 is 0 Å². The highest BCUT2D eigenvalue weighted by atomic mass is 16.5. The number of aryl methyl sites for hydroxylation is 1. The lowest BCUT2D eigenvalue weighted by molar-refractivity contribution is 0.298. The Morgan fingerprint density at radius 2 is 2.21 bits per heavy atom. The molecule has 19 heavy (non-hydrogen) atoms. The minimum atomic E-state index is 0.660. The number of hydrogen-bond acceptors (Lipinski definition) is 3. The maximum atomic E-state index is 5.45. The van der Waals surface area contributed by atoms with Crippen LogP contribution in [0.2, 0.25) is 0 Å². The highest BCUT2D eigenvalue weighted by Crippen LogP contribution is 2.28. The van der Waals surface area contributed by atoms with Crippen LogP contribution in [0.3, 0.4) is 0 Å². The second kappa shape index (κ2) is 5.51. The van der Waals surface area contributed by atoms with Crippen molar-refractivity contribution in [3.8, 4) is 5.75 Å². The molecule has 2 saturated heterocycles. The zero-order valence-corrected chi connectivity index (χ0v) is 12.0. The summed E-state index contributed by atoms with van der Waals surface area (Å²) in [4.78, 5) is 2.64. The molecule has 0 saturated carbocycles. The van der Waals surface area contributed by atoms with Crippen LogP contribution in [0.4, 0.5) is 0 Å². The number of ether oxygens (including phenoxy) is 1. The van der Waals surface area contributed by atoms with E-state index in [1.165, 1.54) is 43.5 Å². The summed E-state index contributed by atoms with van der Waals surface area (Å²) in [6.07, 6.45) is 4.03. The number of hydrogen-bond donors (Lipinski definition) is 1. The molecular formula is C16H24N2O. The Morgan fingerprint density at radius 3 is 3.05 bits per heavy atom. The van der Waals surface area contributed by atoms with Gasteiger partial charge < -0.3 is 10.1 Å². The van der Waals surface area contributed by atoms with Crippen LogP contribution in [-0.4, -0.2) is 37.2 Å². The van der Waals surface area contributed by atoms with E-state index in [0.29, 0.717) is 6.04 Å². The number of fused-ring (bicyclic) bond motifs is 1. The molecule has 0 radical (unpaired) electrons. The maximum absolute atomic E-state index is 5.45. The van der Waals surface area contributed by atoms with Gasteiger partial charge in [-0.15, -0.1) is 0 Å². The van der Waals surface area contributed by atoms with E-state index in [-0.39, 0.29) is 0 Å². The molecule has 0 spiro atoms.